The highest BCUT2D eigenvalue weighted by molar-refractivity contribution is 7.17. The van der Waals surface area contributed by atoms with Crippen molar-refractivity contribution < 1.29 is 19.1 Å². The van der Waals surface area contributed by atoms with Crippen molar-refractivity contribution in [3.8, 4) is 0 Å². The Balaban J connectivity index is 2.32. The van der Waals surface area contributed by atoms with Crippen molar-refractivity contribution in [2.24, 2.45) is 0 Å². The van der Waals surface area contributed by atoms with Crippen LogP contribution in [0.25, 0.3) is 0 Å². The number of amides is 1. The highest BCUT2D eigenvalue weighted by atomic mass is 32.1. The minimum atomic E-state index is -0.944. The van der Waals surface area contributed by atoms with Crippen LogP contribution < -0.4 is 5.32 Å². The summed E-state index contributed by atoms with van der Waals surface area (Å²) in [5, 5.41) is 3.40. The fourth-order valence-corrected chi connectivity index (χ4v) is 3.53. The molecule has 0 saturated heterocycles. The number of esters is 1. The number of hydrogen-bond donors (Lipinski definition) is 1. The smallest absolute Gasteiger partial charge is 0.341 e. The summed E-state index contributed by atoms with van der Waals surface area (Å²) in [4.78, 5) is 25.6. The Hall–Kier alpha value is -1.40. The molecule has 21 heavy (non-hydrogen) atoms. The van der Waals surface area contributed by atoms with Gasteiger partial charge in [-0.25, -0.2) is 4.79 Å². The van der Waals surface area contributed by atoms with E-state index in [1.54, 1.807) is 20.8 Å². The Bertz CT molecular complexity index is 562. The van der Waals surface area contributed by atoms with Crippen LogP contribution in [0.4, 0.5) is 5.00 Å². The van der Waals surface area contributed by atoms with E-state index in [4.69, 9.17) is 9.47 Å². The first-order chi connectivity index (χ1) is 9.90. The first kappa shape index (κ1) is 16.0. The van der Waals surface area contributed by atoms with Crippen molar-refractivity contribution in [2.45, 2.75) is 45.6 Å². The van der Waals surface area contributed by atoms with Crippen LogP contribution >= 0.6 is 11.3 Å². The second-order valence-electron chi connectivity index (χ2n) is 5.45. The van der Waals surface area contributed by atoms with Gasteiger partial charge in [-0.1, -0.05) is 0 Å². The van der Waals surface area contributed by atoms with Gasteiger partial charge in [0.2, 0.25) is 0 Å². The molecule has 1 aromatic heterocycles. The third-order valence-corrected chi connectivity index (χ3v) is 4.89. The second-order valence-corrected chi connectivity index (χ2v) is 6.56. The zero-order valence-corrected chi connectivity index (χ0v) is 13.7. The van der Waals surface area contributed by atoms with E-state index >= 15 is 0 Å². The third kappa shape index (κ3) is 3.11. The molecular weight excluding hydrogens is 290 g/mol. The summed E-state index contributed by atoms with van der Waals surface area (Å²) in [6.07, 6.45) is 2.87. The van der Waals surface area contributed by atoms with E-state index in [-0.39, 0.29) is 11.9 Å². The standard InChI is InChI=1S/C15H21NO4S/c1-5-20-13(17)11-9-7-6-8-10(9)21-12(11)16-14(18)15(2,3)19-4/h5-8H2,1-4H3,(H,16,18). The number of hydrogen-bond acceptors (Lipinski definition) is 5. The number of nitrogens with one attached hydrogen (secondary N) is 1. The molecule has 6 heteroatoms. The van der Waals surface area contributed by atoms with Gasteiger partial charge in [0.05, 0.1) is 12.2 Å². The summed E-state index contributed by atoms with van der Waals surface area (Å²) < 4.78 is 10.3. The molecule has 0 fully saturated rings. The largest absolute Gasteiger partial charge is 0.462 e. The Morgan fingerprint density at radius 1 is 1.33 bits per heavy atom. The number of aryl methyl sites for hydroxylation is 1. The lowest BCUT2D eigenvalue weighted by atomic mass is 10.1. The van der Waals surface area contributed by atoms with E-state index in [9.17, 15) is 9.59 Å². The lowest BCUT2D eigenvalue weighted by Crippen LogP contribution is -2.38. The van der Waals surface area contributed by atoms with E-state index in [0.717, 1.165) is 24.8 Å². The second kappa shape index (κ2) is 6.15. The molecule has 0 saturated carbocycles. The molecule has 1 aromatic rings. The van der Waals surface area contributed by atoms with Gasteiger partial charge in [0, 0.05) is 12.0 Å². The molecule has 1 amide bonds. The summed E-state index contributed by atoms with van der Waals surface area (Å²) >= 11 is 1.47. The fourth-order valence-electron chi connectivity index (χ4n) is 2.26. The number of ether oxygens (including phenoxy) is 2. The first-order valence-electron chi connectivity index (χ1n) is 7.09. The van der Waals surface area contributed by atoms with Gasteiger partial charge in [0.25, 0.3) is 5.91 Å². The maximum atomic E-state index is 12.2. The molecule has 0 radical (unpaired) electrons. The Kier molecular flexibility index (Phi) is 4.68. The summed E-state index contributed by atoms with van der Waals surface area (Å²) in [6, 6.07) is 0. The first-order valence-corrected chi connectivity index (χ1v) is 7.90. The zero-order chi connectivity index (χ0) is 15.6. The number of anilines is 1. The van der Waals surface area contributed by atoms with Crippen molar-refractivity contribution in [1.82, 2.24) is 0 Å². The van der Waals surface area contributed by atoms with E-state index in [1.807, 2.05) is 0 Å². The molecule has 0 aromatic carbocycles. The normalized spacial score (nSPS) is 13.9. The van der Waals surface area contributed by atoms with Crippen molar-refractivity contribution in [2.75, 3.05) is 19.0 Å². The van der Waals surface area contributed by atoms with Gasteiger partial charge in [0.15, 0.2) is 0 Å². The summed E-state index contributed by atoms with van der Waals surface area (Å²) in [5.41, 5.74) is 0.610. The molecule has 1 N–H and O–H groups in total. The van der Waals surface area contributed by atoms with E-state index in [0.29, 0.717) is 17.2 Å². The molecule has 0 unspecified atom stereocenters. The number of carbonyl (C=O) groups excluding carboxylic acids is 2. The molecule has 0 spiro atoms. The molecular formula is C15H21NO4S. The third-order valence-electron chi connectivity index (χ3n) is 3.69. The van der Waals surface area contributed by atoms with E-state index in [1.165, 1.54) is 23.3 Å². The van der Waals surface area contributed by atoms with Crippen LogP contribution in [0.3, 0.4) is 0 Å². The average Bonchev–Trinajstić information content (AvgIpc) is 2.98. The SMILES string of the molecule is CCOC(=O)c1c(NC(=O)C(C)(C)OC)sc2c1CCC2. The average molecular weight is 311 g/mol. The van der Waals surface area contributed by atoms with Crippen LogP contribution in [0, 0.1) is 0 Å². The Morgan fingerprint density at radius 2 is 2.05 bits per heavy atom. The van der Waals surface area contributed by atoms with Crippen molar-refractivity contribution in [1.29, 1.82) is 0 Å². The minimum Gasteiger partial charge on any atom is -0.462 e. The highest BCUT2D eigenvalue weighted by Crippen LogP contribution is 2.39. The van der Waals surface area contributed by atoms with Crippen LogP contribution in [-0.2, 0) is 27.1 Å². The molecule has 1 aliphatic rings. The van der Waals surface area contributed by atoms with Crippen LogP contribution in [0.5, 0.6) is 0 Å². The summed E-state index contributed by atoms with van der Waals surface area (Å²) in [5.74, 6) is -0.627. The fraction of sp³-hybridized carbons (Fsp3) is 0.600. The lowest BCUT2D eigenvalue weighted by Gasteiger charge is -2.21. The number of methoxy groups -OCH3 is 1. The zero-order valence-electron chi connectivity index (χ0n) is 12.9. The Morgan fingerprint density at radius 3 is 2.67 bits per heavy atom. The molecule has 0 bridgehead atoms. The highest BCUT2D eigenvalue weighted by Gasteiger charge is 2.32. The van der Waals surface area contributed by atoms with Gasteiger partial charge in [-0.15, -0.1) is 11.3 Å². The lowest BCUT2D eigenvalue weighted by molar-refractivity contribution is -0.133. The molecule has 5 nitrogen and oxygen atoms in total. The van der Waals surface area contributed by atoms with Crippen molar-refractivity contribution in [3.63, 3.8) is 0 Å². The molecule has 1 aliphatic carbocycles. The van der Waals surface area contributed by atoms with Crippen LogP contribution in [0.1, 0.15) is 48.0 Å². The van der Waals surface area contributed by atoms with Crippen LogP contribution in [0.2, 0.25) is 0 Å². The summed E-state index contributed by atoms with van der Waals surface area (Å²) in [6.45, 7) is 5.47. The molecule has 0 aliphatic heterocycles. The van der Waals surface area contributed by atoms with E-state index in [2.05, 4.69) is 5.32 Å². The van der Waals surface area contributed by atoms with Crippen LogP contribution in [0.15, 0.2) is 0 Å². The van der Waals surface area contributed by atoms with Crippen molar-refractivity contribution in [3.05, 3.63) is 16.0 Å². The minimum absolute atomic E-state index is 0.268. The molecule has 0 atom stereocenters. The number of fused-ring (bicyclic) bond motifs is 1. The number of carbonyl (C=O) groups is 2. The molecule has 2 rings (SSSR count). The van der Waals surface area contributed by atoms with Gasteiger partial charge >= 0.3 is 5.97 Å². The van der Waals surface area contributed by atoms with E-state index < -0.39 is 5.60 Å². The predicted molar refractivity (Wildman–Crippen MR) is 82.0 cm³/mol. The number of rotatable bonds is 5. The maximum absolute atomic E-state index is 12.2. The quantitative estimate of drug-likeness (QED) is 0.849. The van der Waals surface area contributed by atoms with Gasteiger partial charge in [-0.05, 0) is 45.6 Å². The molecule has 1 heterocycles. The molecule has 116 valence electrons. The Labute approximate surface area is 128 Å². The van der Waals surface area contributed by atoms with Gasteiger partial charge in [-0.3, -0.25) is 4.79 Å². The topological polar surface area (TPSA) is 64.6 Å². The van der Waals surface area contributed by atoms with Crippen LogP contribution in [-0.4, -0.2) is 31.2 Å². The monoisotopic (exact) mass is 311 g/mol. The maximum Gasteiger partial charge on any atom is 0.341 e. The van der Waals surface area contributed by atoms with Gasteiger partial charge in [-0.2, -0.15) is 0 Å². The van der Waals surface area contributed by atoms with Gasteiger partial charge < -0.3 is 14.8 Å². The van der Waals surface area contributed by atoms with Crippen molar-refractivity contribution >= 4 is 28.2 Å². The summed E-state index contributed by atoms with van der Waals surface area (Å²) in [7, 11) is 1.49. The number of thiophene rings is 1. The van der Waals surface area contributed by atoms with Gasteiger partial charge in [0.1, 0.15) is 10.6 Å². The predicted octanol–water partition coefficient (Wildman–Crippen LogP) is 2.78.